The van der Waals surface area contributed by atoms with E-state index in [1.807, 2.05) is 0 Å². The first-order chi connectivity index (χ1) is 9.13. The van der Waals surface area contributed by atoms with Gasteiger partial charge in [-0.2, -0.15) is 0 Å². The predicted octanol–water partition coefficient (Wildman–Crippen LogP) is 1.87. The molecule has 1 aliphatic heterocycles. The van der Waals surface area contributed by atoms with E-state index in [0.717, 1.165) is 18.6 Å². The number of amides is 1. The Labute approximate surface area is 110 Å². The molecule has 0 bridgehead atoms. The quantitative estimate of drug-likeness (QED) is 0.892. The highest BCUT2D eigenvalue weighted by molar-refractivity contribution is 5.94. The summed E-state index contributed by atoms with van der Waals surface area (Å²) >= 11 is 0. The Morgan fingerprint density at radius 1 is 1.26 bits per heavy atom. The molecule has 1 heterocycles. The molecule has 104 valence electrons. The van der Waals surface area contributed by atoms with Gasteiger partial charge in [-0.25, -0.2) is 8.78 Å². The van der Waals surface area contributed by atoms with Gasteiger partial charge in [0.2, 0.25) is 0 Å². The van der Waals surface area contributed by atoms with Gasteiger partial charge in [-0.15, -0.1) is 0 Å². The topological polar surface area (TPSA) is 41.6 Å². The van der Waals surface area contributed by atoms with Crippen LogP contribution in [-0.2, 0) is 4.74 Å². The van der Waals surface area contributed by atoms with Crippen LogP contribution in [0.1, 0.15) is 16.8 Å². The largest absolute Gasteiger partial charge is 0.383 e. The second-order valence-electron chi connectivity index (χ2n) is 4.32. The van der Waals surface area contributed by atoms with Crippen molar-refractivity contribution in [1.82, 2.24) is 4.90 Å². The molecule has 1 N–H and O–H groups in total. The number of hydrogen-bond donors (Lipinski definition) is 1. The maximum Gasteiger partial charge on any atom is 0.254 e. The SMILES string of the molecule is CNc1c(F)cc(C(=O)N2CCCOCC2)cc1F. The average molecular weight is 270 g/mol. The van der Waals surface area contributed by atoms with Crippen molar-refractivity contribution >= 4 is 11.6 Å². The standard InChI is InChI=1S/C13H16F2N2O2/c1-16-12-10(14)7-9(8-11(12)15)13(18)17-3-2-5-19-6-4-17/h7-8,16H,2-6H2,1H3. The molecule has 0 unspecified atom stereocenters. The summed E-state index contributed by atoms with van der Waals surface area (Å²) in [5.41, 5.74) is -0.202. The number of halogens is 2. The van der Waals surface area contributed by atoms with Crippen molar-refractivity contribution in [3.8, 4) is 0 Å². The lowest BCUT2D eigenvalue weighted by Crippen LogP contribution is -2.33. The summed E-state index contributed by atoms with van der Waals surface area (Å²) in [6, 6.07) is 2.12. The maximum absolute atomic E-state index is 13.6. The Kier molecular flexibility index (Phi) is 4.31. The normalized spacial score (nSPS) is 16.1. The number of hydrogen-bond acceptors (Lipinski definition) is 3. The lowest BCUT2D eigenvalue weighted by molar-refractivity contribution is 0.0740. The minimum Gasteiger partial charge on any atom is -0.383 e. The van der Waals surface area contributed by atoms with Gasteiger partial charge < -0.3 is 15.0 Å². The molecule has 6 heteroatoms. The summed E-state index contributed by atoms with van der Waals surface area (Å²) in [4.78, 5) is 13.7. The second-order valence-corrected chi connectivity index (χ2v) is 4.32. The number of ether oxygens (including phenoxy) is 1. The van der Waals surface area contributed by atoms with Crippen molar-refractivity contribution in [3.05, 3.63) is 29.3 Å². The molecule has 0 aliphatic carbocycles. The van der Waals surface area contributed by atoms with Crippen LogP contribution in [0.4, 0.5) is 14.5 Å². The van der Waals surface area contributed by atoms with Crippen molar-refractivity contribution in [3.63, 3.8) is 0 Å². The van der Waals surface area contributed by atoms with Crippen molar-refractivity contribution < 1.29 is 18.3 Å². The minimum absolute atomic E-state index is 0.0240. The molecule has 1 aromatic rings. The smallest absolute Gasteiger partial charge is 0.254 e. The van der Waals surface area contributed by atoms with E-state index in [1.54, 1.807) is 4.90 Å². The third-order valence-corrected chi connectivity index (χ3v) is 3.05. The lowest BCUT2D eigenvalue weighted by Gasteiger charge is -2.20. The van der Waals surface area contributed by atoms with E-state index in [2.05, 4.69) is 5.32 Å². The monoisotopic (exact) mass is 270 g/mol. The Hall–Kier alpha value is -1.69. The molecule has 4 nitrogen and oxygen atoms in total. The zero-order valence-electron chi connectivity index (χ0n) is 10.7. The first-order valence-electron chi connectivity index (χ1n) is 6.17. The Morgan fingerprint density at radius 3 is 2.58 bits per heavy atom. The van der Waals surface area contributed by atoms with Crippen LogP contribution in [-0.4, -0.2) is 44.2 Å². The molecule has 2 rings (SSSR count). The molecular formula is C13H16F2N2O2. The predicted molar refractivity (Wildman–Crippen MR) is 67.2 cm³/mol. The van der Waals surface area contributed by atoms with Crippen LogP contribution in [0, 0.1) is 11.6 Å². The minimum atomic E-state index is -0.767. The fourth-order valence-electron chi connectivity index (χ4n) is 2.07. The lowest BCUT2D eigenvalue weighted by atomic mass is 10.1. The highest BCUT2D eigenvalue weighted by atomic mass is 19.1. The Balaban J connectivity index is 2.23. The summed E-state index contributed by atoms with van der Waals surface area (Å²) in [7, 11) is 1.43. The van der Waals surface area contributed by atoms with Crippen LogP contribution in [0.3, 0.4) is 0 Å². The summed E-state index contributed by atoms with van der Waals surface area (Å²) in [6.45, 7) is 2.03. The van der Waals surface area contributed by atoms with Crippen molar-refractivity contribution in [1.29, 1.82) is 0 Å². The van der Waals surface area contributed by atoms with Crippen molar-refractivity contribution in [2.45, 2.75) is 6.42 Å². The molecular weight excluding hydrogens is 254 g/mol. The molecule has 0 atom stereocenters. The van der Waals surface area contributed by atoms with E-state index in [9.17, 15) is 13.6 Å². The van der Waals surface area contributed by atoms with Crippen molar-refractivity contribution in [2.24, 2.45) is 0 Å². The summed E-state index contributed by atoms with van der Waals surface area (Å²) < 4.78 is 32.5. The van der Waals surface area contributed by atoms with E-state index >= 15 is 0 Å². The van der Waals surface area contributed by atoms with E-state index in [1.165, 1.54) is 7.05 Å². The molecule has 0 spiro atoms. The number of benzene rings is 1. The zero-order valence-corrected chi connectivity index (χ0v) is 10.7. The Morgan fingerprint density at radius 2 is 1.95 bits per heavy atom. The van der Waals surface area contributed by atoms with E-state index in [0.29, 0.717) is 26.3 Å². The molecule has 19 heavy (non-hydrogen) atoms. The molecule has 0 saturated carbocycles. The molecule has 1 saturated heterocycles. The molecule has 1 fully saturated rings. The number of carbonyl (C=O) groups excluding carboxylic acids is 1. The van der Waals surface area contributed by atoms with Gasteiger partial charge in [-0.05, 0) is 18.6 Å². The van der Waals surface area contributed by atoms with Crippen molar-refractivity contribution in [2.75, 3.05) is 38.7 Å². The molecule has 0 aromatic heterocycles. The molecule has 1 aromatic carbocycles. The van der Waals surface area contributed by atoms with E-state index in [-0.39, 0.29) is 17.2 Å². The third-order valence-electron chi connectivity index (χ3n) is 3.05. The maximum atomic E-state index is 13.6. The van der Waals surface area contributed by atoms with Gasteiger partial charge >= 0.3 is 0 Å². The van der Waals surface area contributed by atoms with Gasteiger partial charge in [0.15, 0.2) is 0 Å². The average Bonchev–Trinajstić information content (AvgIpc) is 2.66. The number of rotatable bonds is 2. The van der Waals surface area contributed by atoms with Gasteiger partial charge in [-0.1, -0.05) is 0 Å². The number of anilines is 1. The van der Waals surface area contributed by atoms with Gasteiger partial charge in [-0.3, -0.25) is 4.79 Å². The van der Waals surface area contributed by atoms with Gasteiger partial charge in [0.1, 0.15) is 17.3 Å². The molecule has 1 amide bonds. The summed E-state index contributed by atoms with van der Waals surface area (Å²) in [6.07, 6.45) is 0.727. The van der Waals surface area contributed by atoms with Gasteiger partial charge in [0.25, 0.3) is 5.91 Å². The first-order valence-corrected chi connectivity index (χ1v) is 6.17. The highest BCUT2D eigenvalue weighted by Crippen LogP contribution is 2.21. The van der Waals surface area contributed by atoms with E-state index < -0.39 is 11.6 Å². The van der Waals surface area contributed by atoms with Crippen LogP contribution in [0.25, 0.3) is 0 Å². The van der Waals surface area contributed by atoms with Crippen LogP contribution < -0.4 is 5.32 Å². The van der Waals surface area contributed by atoms with Crippen LogP contribution in [0.5, 0.6) is 0 Å². The Bertz CT molecular complexity index is 449. The third kappa shape index (κ3) is 3.01. The van der Waals surface area contributed by atoms with Crippen LogP contribution >= 0.6 is 0 Å². The molecule has 0 radical (unpaired) electrons. The van der Waals surface area contributed by atoms with Crippen LogP contribution in [0.15, 0.2) is 12.1 Å². The first kappa shape index (κ1) is 13.7. The van der Waals surface area contributed by atoms with E-state index in [4.69, 9.17) is 4.74 Å². The number of nitrogens with zero attached hydrogens (tertiary/aromatic N) is 1. The second kappa shape index (κ2) is 5.97. The van der Waals surface area contributed by atoms with Gasteiger partial charge in [0, 0.05) is 32.3 Å². The highest BCUT2D eigenvalue weighted by Gasteiger charge is 2.20. The number of carbonyl (C=O) groups is 1. The van der Waals surface area contributed by atoms with Gasteiger partial charge in [0.05, 0.1) is 6.61 Å². The summed E-state index contributed by atoms with van der Waals surface area (Å²) in [5, 5.41) is 2.42. The molecule has 1 aliphatic rings. The summed E-state index contributed by atoms with van der Waals surface area (Å²) in [5.74, 6) is -1.90. The zero-order chi connectivity index (χ0) is 13.8. The fourth-order valence-corrected chi connectivity index (χ4v) is 2.07. The van der Waals surface area contributed by atoms with Crippen LogP contribution in [0.2, 0.25) is 0 Å². The fraction of sp³-hybridized carbons (Fsp3) is 0.462. The number of nitrogens with one attached hydrogen (secondary N) is 1.